The largest absolute Gasteiger partial charge is 0.236 e. The smallest absolute Gasteiger partial charge is 0.175 e. The van der Waals surface area contributed by atoms with E-state index in [1.807, 2.05) is 24.3 Å². The van der Waals surface area contributed by atoms with Crippen molar-refractivity contribution in [1.29, 1.82) is 0 Å². The van der Waals surface area contributed by atoms with Crippen molar-refractivity contribution >= 4 is 44.1 Å². The Morgan fingerprint density at radius 1 is 1.13 bits per heavy atom. The molecule has 0 spiro atoms. The van der Waals surface area contributed by atoms with Gasteiger partial charge < -0.3 is 0 Å². The normalized spacial score (nSPS) is 11.7. The highest BCUT2D eigenvalue weighted by Crippen LogP contribution is 2.29. The molecule has 3 aromatic rings. The molecule has 1 heterocycles. The zero-order valence-electron chi connectivity index (χ0n) is 12.2. The Morgan fingerprint density at radius 2 is 1.96 bits per heavy atom. The van der Waals surface area contributed by atoms with Crippen LogP contribution in [-0.2, 0) is 15.6 Å². The Hall–Kier alpha value is -1.63. The number of aromatic nitrogens is 2. The van der Waals surface area contributed by atoms with Crippen LogP contribution in [0.25, 0.3) is 10.9 Å². The van der Waals surface area contributed by atoms with E-state index >= 15 is 0 Å². The second-order valence-electron chi connectivity index (χ2n) is 5.05. The first-order valence-corrected chi connectivity index (χ1v) is 10.0. The molecule has 0 saturated carbocycles. The predicted octanol–water partition coefficient (Wildman–Crippen LogP) is 3.98. The summed E-state index contributed by atoms with van der Waals surface area (Å²) in [5.41, 5.74) is 1.80. The minimum atomic E-state index is -3.27. The summed E-state index contributed by atoms with van der Waals surface area (Å²) in [5.74, 6) is 0.690. The van der Waals surface area contributed by atoms with Gasteiger partial charge in [0.1, 0.15) is 11.4 Å². The van der Waals surface area contributed by atoms with Gasteiger partial charge in [0.25, 0.3) is 0 Å². The number of hydrogen-bond donors (Lipinski definition) is 0. The third-order valence-corrected chi connectivity index (χ3v) is 5.68. The average molecular weight is 365 g/mol. The number of thioether (sulfide) groups is 1. The van der Waals surface area contributed by atoms with Gasteiger partial charge in [-0.3, -0.25) is 0 Å². The first-order valence-electron chi connectivity index (χ1n) is 6.75. The molecule has 0 atom stereocenters. The number of sulfone groups is 1. The third-order valence-electron chi connectivity index (χ3n) is 3.26. The molecule has 3 rings (SSSR count). The number of hydrogen-bond acceptors (Lipinski definition) is 5. The number of fused-ring (bicyclic) bond motifs is 1. The van der Waals surface area contributed by atoms with Crippen LogP contribution in [0, 0.1) is 0 Å². The van der Waals surface area contributed by atoms with Crippen LogP contribution in [0.15, 0.2) is 58.7 Å². The Balaban J connectivity index is 1.96. The van der Waals surface area contributed by atoms with Crippen LogP contribution in [0.5, 0.6) is 0 Å². The topological polar surface area (TPSA) is 59.9 Å². The molecule has 0 aliphatic carbocycles. The van der Waals surface area contributed by atoms with Crippen molar-refractivity contribution in [3.05, 3.63) is 59.4 Å². The maximum Gasteiger partial charge on any atom is 0.175 e. The van der Waals surface area contributed by atoms with Crippen molar-refractivity contribution in [2.45, 2.75) is 15.7 Å². The lowest BCUT2D eigenvalue weighted by Crippen LogP contribution is -1.97. The molecule has 0 radical (unpaired) electrons. The summed E-state index contributed by atoms with van der Waals surface area (Å²) in [6, 6.07) is 12.5. The van der Waals surface area contributed by atoms with Gasteiger partial charge >= 0.3 is 0 Å². The van der Waals surface area contributed by atoms with Crippen LogP contribution in [0.1, 0.15) is 5.56 Å². The molecular weight excluding hydrogens is 352 g/mol. The lowest BCUT2D eigenvalue weighted by Gasteiger charge is -2.07. The van der Waals surface area contributed by atoms with Gasteiger partial charge in [-0.25, -0.2) is 18.4 Å². The zero-order valence-corrected chi connectivity index (χ0v) is 14.6. The molecule has 1 aromatic heterocycles. The lowest BCUT2D eigenvalue weighted by molar-refractivity contribution is 0.602. The van der Waals surface area contributed by atoms with E-state index in [2.05, 4.69) is 9.97 Å². The van der Waals surface area contributed by atoms with E-state index in [1.54, 1.807) is 18.2 Å². The van der Waals surface area contributed by atoms with Crippen LogP contribution in [0.2, 0.25) is 5.02 Å². The van der Waals surface area contributed by atoms with Crippen molar-refractivity contribution in [2.24, 2.45) is 0 Å². The molecular formula is C16H13ClN2O2S2. The summed E-state index contributed by atoms with van der Waals surface area (Å²) in [6.45, 7) is 0. The van der Waals surface area contributed by atoms with Crippen molar-refractivity contribution in [1.82, 2.24) is 9.97 Å². The minimum absolute atomic E-state index is 0.268. The van der Waals surface area contributed by atoms with E-state index < -0.39 is 9.84 Å². The van der Waals surface area contributed by atoms with Crippen LogP contribution in [-0.4, -0.2) is 24.6 Å². The van der Waals surface area contributed by atoms with E-state index in [1.165, 1.54) is 24.3 Å². The fourth-order valence-electron chi connectivity index (χ4n) is 2.14. The summed E-state index contributed by atoms with van der Waals surface area (Å²) < 4.78 is 23.5. The Labute approximate surface area is 143 Å². The standard InChI is InChI=1S/C16H13ClN2O2S2/c1-23(20,21)13-5-6-15-14(8-13)16(19-10-18-15)22-9-11-3-2-4-12(17)7-11/h2-8,10H,9H2,1H3. The fourth-order valence-corrected chi connectivity index (χ4v) is 3.92. The summed E-state index contributed by atoms with van der Waals surface area (Å²) >= 11 is 7.52. The summed E-state index contributed by atoms with van der Waals surface area (Å²) in [4.78, 5) is 8.75. The number of halogens is 1. The Kier molecular flexibility index (Phi) is 4.57. The summed E-state index contributed by atoms with van der Waals surface area (Å²) in [7, 11) is -3.27. The molecule has 0 bridgehead atoms. The summed E-state index contributed by atoms with van der Waals surface area (Å²) in [5, 5.41) is 2.18. The van der Waals surface area contributed by atoms with Gasteiger partial charge in [-0.2, -0.15) is 0 Å². The minimum Gasteiger partial charge on any atom is -0.236 e. The van der Waals surface area contributed by atoms with E-state index in [4.69, 9.17) is 11.6 Å². The molecule has 7 heteroatoms. The molecule has 118 valence electrons. The van der Waals surface area contributed by atoms with Crippen molar-refractivity contribution in [3.8, 4) is 0 Å². The van der Waals surface area contributed by atoms with Gasteiger partial charge in [0.05, 0.1) is 10.4 Å². The van der Waals surface area contributed by atoms with Gasteiger partial charge in [0, 0.05) is 22.4 Å². The van der Waals surface area contributed by atoms with Gasteiger partial charge in [-0.15, -0.1) is 11.8 Å². The Morgan fingerprint density at radius 3 is 2.70 bits per heavy atom. The second-order valence-corrected chi connectivity index (χ2v) is 8.46. The maximum atomic E-state index is 11.7. The molecule has 2 aromatic carbocycles. The first-order chi connectivity index (χ1) is 10.9. The first kappa shape index (κ1) is 16.2. The van der Waals surface area contributed by atoms with Crippen LogP contribution < -0.4 is 0 Å². The van der Waals surface area contributed by atoms with Gasteiger partial charge in [0.15, 0.2) is 9.84 Å². The molecule has 4 nitrogen and oxygen atoms in total. The number of nitrogens with zero attached hydrogens (tertiary/aromatic N) is 2. The maximum absolute atomic E-state index is 11.7. The second kappa shape index (κ2) is 6.47. The van der Waals surface area contributed by atoms with Gasteiger partial charge in [-0.1, -0.05) is 23.7 Å². The molecule has 0 aliphatic rings. The van der Waals surface area contributed by atoms with E-state index in [-0.39, 0.29) is 4.90 Å². The highest BCUT2D eigenvalue weighted by Gasteiger charge is 2.11. The van der Waals surface area contributed by atoms with Gasteiger partial charge in [0.2, 0.25) is 0 Å². The van der Waals surface area contributed by atoms with Gasteiger partial charge in [-0.05, 0) is 35.9 Å². The predicted molar refractivity (Wildman–Crippen MR) is 93.7 cm³/mol. The molecule has 0 fully saturated rings. The zero-order chi connectivity index (χ0) is 16.4. The van der Waals surface area contributed by atoms with Crippen molar-refractivity contribution < 1.29 is 8.42 Å². The van der Waals surface area contributed by atoms with E-state index in [0.717, 1.165) is 21.5 Å². The average Bonchev–Trinajstić information content (AvgIpc) is 2.51. The third kappa shape index (κ3) is 3.83. The Bertz CT molecular complexity index is 975. The van der Waals surface area contributed by atoms with E-state index in [0.29, 0.717) is 10.8 Å². The highest BCUT2D eigenvalue weighted by molar-refractivity contribution is 7.98. The fraction of sp³-hybridized carbons (Fsp3) is 0.125. The summed E-state index contributed by atoms with van der Waals surface area (Å²) in [6.07, 6.45) is 2.68. The molecule has 0 amide bonds. The quantitative estimate of drug-likeness (QED) is 0.517. The van der Waals surface area contributed by atoms with Crippen LogP contribution in [0.4, 0.5) is 0 Å². The molecule has 23 heavy (non-hydrogen) atoms. The van der Waals surface area contributed by atoms with Crippen molar-refractivity contribution in [3.63, 3.8) is 0 Å². The van der Waals surface area contributed by atoms with Crippen molar-refractivity contribution in [2.75, 3.05) is 6.26 Å². The lowest BCUT2D eigenvalue weighted by atomic mass is 10.2. The SMILES string of the molecule is CS(=O)(=O)c1ccc2ncnc(SCc3cccc(Cl)c3)c2c1. The molecule has 0 saturated heterocycles. The number of rotatable bonds is 4. The van der Waals surface area contributed by atoms with Crippen LogP contribution >= 0.6 is 23.4 Å². The highest BCUT2D eigenvalue weighted by atomic mass is 35.5. The monoisotopic (exact) mass is 364 g/mol. The molecule has 0 N–H and O–H groups in total. The molecule has 0 aliphatic heterocycles. The van der Waals surface area contributed by atoms with E-state index in [9.17, 15) is 8.42 Å². The van der Waals surface area contributed by atoms with Crippen LogP contribution in [0.3, 0.4) is 0 Å². The molecule has 0 unspecified atom stereocenters. The number of benzene rings is 2.